The predicted molar refractivity (Wildman–Crippen MR) is 68.3 cm³/mol. The van der Waals surface area contributed by atoms with Crippen molar-refractivity contribution in [3.05, 3.63) is 35.4 Å². The van der Waals surface area contributed by atoms with Gasteiger partial charge in [-0.05, 0) is 18.6 Å². The Bertz CT molecular complexity index is 628. The van der Waals surface area contributed by atoms with Crippen LogP contribution in [-0.4, -0.2) is 28.6 Å². The maximum absolute atomic E-state index is 13.7. The molecule has 0 heterocycles. The summed E-state index contributed by atoms with van der Waals surface area (Å²) in [6.45, 7) is 0. The Labute approximate surface area is 173 Å². The van der Waals surface area contributed by atoms with Crippen LogP contribution in [0.15, 0.2) is 18.2 Å². The van der Waals surface area contributed by atoms with Crippen molar-refractivity contribution in [2.45, 2.75) is 36.8 Å². The van der Waals surface area contributed by atoms with Crippen LogP contribution < -0.4 is 61.8 Å². The molecule has 2 fully saturated rings. The van der Waals surface area contributed by atoms with Gasteiger partial charge in [-0.3, -0.25) is 4.79 Å². The summed E-state index contributed by atoms with van der Waals surface area (Å²) >= 11 is 0. The number of carbonyl (C=O) groups excluding carboxylic acids is 2. The van der Waals surface area contributed by atoms with E-state index < -0.39 is 47.0 Å². The quantitative estimate of drug-likeness (QED) is 0.562. The Morgan fingerprint density at radius 1 is 1.26 bits per heavy atom. The molecule has 2 aliphatic rings. The number of hydrogen-bond acceptors (Lipinski definition) is 4. The first-order valence-electron chi connectivity index (χ1n) is 6.99. The van der Waals surface area contributed by atoms with Crippen molar-refractivity contribution in [1.29, 1.82) is 0 Å². The van der Waals surface area contributed by atoms with Gasteiger partial charge in [0.25, 0.3) is 0 Å². The van der Waals surface area contributed by atoms with Crippen LogP contribution in [0.2, 0.25) is 0 Å². The van der Waals surface area contributed by atoms with Crippen LogP contribution >= 0.6 is 0 Å². The molecule has 0 saturated heterocycles. The topological polar surface area (TPSA) is 89.5 Å². The smallest absolute Gasteiger partial charge is 0.548 e. The summed E-state index contributed by atoms with van der Waals surface area (Å²) in [6.07, 6.45) is -0.772. The van der Waals surface area contributed by atoms with Crippen molar-refractivity contribution in [2.24, 2.45) is 5.92 Å². The maximum atomic E-state index is 13.7. The van der Waals surface area contributed by atoms with Crippen molar-refractivity contribution in [2.75, 3.05) is 0 Å². The minimum Gasteiger partial charge on any atom is -0.548 e. The van der Waals surface area contributed by atoms with Gasteiger partial charge in [0, 0.05) is 30.2 Å². The van der Waals surface area contributed by atoms with Gasteiger partial charge in [0.1, 0.15) is 11.6 Å². The van der Waals surface area contributed by atoms with Crippen molar-refractivity contribution in [3.8, 4) is 0 Å². The third kappa shape index (κ3) is 3.52. The number of aliphatic hydroxyl groups is 1. The van der Waals surface area contributed by atoms with E-state index in [0.29, 0.717) is 0 Å². The minimum absolute atomic E-state index is 0. The number of carbonyl (C=O) groups is 2. The van der Waals surface area contributed by atoms with Crippen LogP contribution in [0.25, 0.3) is 0 Å². The summed E-state index contributed by atoms with van der Waals surface area (Å²) < 4.78 is 27.3. The molecule has 2 aliphatic carbocycles. The Morgan fingerprint density at radius 2 is 1.83 bits per heavy atom. The summed E-state index contributed by atoms with van der Waals surface area (Å²) in [5, 5.41) is 22.7. The number of carboxylic acid groups (broad SMARTS) is 1. The fourth-order valence-corrected chi connectivity index (χ4v) is 3.06. The third-order valence-corrected chi connectivity index (χ3v) is 4.42. The SMILES string of the molecule is O=C(NC1(C(=O)[O-])CC(O)C1)C1CC1c1c(F)cccc1F.[K+]. The van der Waals surface area contributed by atoms with Crippen molar-refractivity contribution >= 4 is 11.9 Å². The Hall–Kier alpha value is -0.384. The van der Waals surface area contributed by atoms with Crippen LogP contribution in [0.4, 0.5) is 8.78 Å². The molecule has 2 unspecified atom stereocenters. The van der Waals surface area contributed by atoms with Crippen LogP contribution in [0.1, 0.15) is 30.7 Å². The number of carboxylic acids is 1. The molecule has 2 N–H and O–H groups in total. The van der Waals surface area contributed by atoms with Gasteiger partial charge < -0.3 is 20.3 Å². The molecular formula is C15H14F2KNO4. The molecule has 8 heteroatoms. The predicted octanol–water partition coefficient (Wildman–Crippen LogP) is -3.17. The van der Waals surface area contributed by atoms with Gasteiger partial charge in [-0.2, -0.15) is 0 Å². The van der Waals surface area contributed by atoms with Crippen LogP contribution in [-0.2, 0) is 9.59 Å². The molecule has 3 rings (SSSR count). The van der Waals surface area contributed by atoms with E-state index in [-0.39, 0.29) is 76.2 Å². The number of amides is 1. The van der Waals surface area contributed by atoms with Gasteiger partial charge in [-0.1, -0.05) is 6.07 Å². The number of rotatable bonds is 4. The third-order valence-electron chi connectivity index (χ3n) is 4.42. The van der Waals surface area contributed by atoms with E-state index in [2.05, 4.69) is 5.32 Å². The molecule has 5 nitrogen and oxygen atoms in total. The van der Waals surface area contributed by atoms with E-state index in [9.17, 15) is 28.6 Å². The van der Waals surface area contributed by atoms with E-state index in [0.717, 1.165) is 12.1 Å². The van der Waals surface area contributed by atoms with Gasteiger partial charge in [0.2, 0.25) is 5.91 Å². The second-order valence-corrected chi connectivity index (χ2v) is 6.00. The zero-order valence-electron chi connectivity index (χ0n) is 12.5. The van der Waals surface area contributed by atoms with E-state index >= 15 is 0 Å². The first-order chi connectivity index (χ1) is 10.3. The van der Waals surface area contributed by atoms with Crippen LogP contribution in [0, 0.1) is 17.6 Å². The van der Waals surface area contributed by atoms with Gasteiger partial charge in [0.15, 0.2) is 0 Å². The van der Waals surface area contributed by atoms with E-state index in [1.165, 1.54) is 6.07 Å². The monoisotopic (exact) mass is 349 g/mol. The largest absolute Gasteiger partial charge is 1.00 e. The van der Waals surface area contributed by atoms with E-state index in [1.807, 2.05) is 0 Å². The molecule has 1 aromatic carbocycles. The van der Waals surface area contributed by atoms with Crippen molar-refractivity contribution in [3.63, 3.8) is 0 Å². The van der Waals surface area contributed by atoms with Crippen molar-refractivity contribution in [1.82, 2.24) is 5.32 Å². The molecule has 1 amide bonds. The number of benzene rings is 1. The van der Waals surface area contributed by atoms with Gasteiger partial charge in [-0.15, -0.1) is 0 Å². The molecule has 0 aliphatic heterocycles. The van der Waals surface area contributed by atoms with E-state index in [1.54, 1.807) is 0 Å². The standard InChI is InChI=1S/C15H15F2NO4.K/c16-10-2-1-3-11(17)12(10)8-4-9(8)13(20)18-15(14(21)22)5-7(19)6-15;/h1-3,7-9,19H,4-6H2,(H,18,20)(H,21,22);/q;+1/p-1. The molecular weight excluding hydrogens is 335 g/mol. The minimum atomic E-state index is -1.57. The summed E-state index contributed by atoms with van der Waals surface area (Å²) in [5.74, 6) is -4.72. The zero-order valence-corrected chi connectivity index (χ0v) is 15.6. The molecule has 2 atom stereocenters. The second kappa shape index (κ2) is 6.85. The molecule has 2 saturated carbocycles. The summed E-state index contributed by atoms with van der Waals surface area (Å²) in [5.41, 5.74) is -1.71. The van der Waals surface area contributed by atoms with Gasteiger partial charge >= 0.3 is 51.4 Å². The first kappa shape index (κ1) is 18.9. The molecule has 0 radical (unpaired) electrons. The molecule has 0 spiro atoms. The van der Waals surface area contributed by atoms with Crippen LogP contribution in [0.3, 0.4) is 0 Å². The molecule has 0 bridgehead atoms. The molecule has 0 aromatic heterocycles. The fraction of sp³-hybridized carbons (Fsp3) is 0.467. The molecule has 23 heavy (non-hydrogen) atoms. The Kier molecular flexibility index (Phi) is 5.65. The first-order valence-corrected chi connectivity index (χ1v) is 6.99. The summed E-state index contributed by atoms with van der Waals surface area (Å²) in [4.78, 5) is 23.2. The summed E-state index contributed by atoms with van der Waals surface area (Å²) in [7, 11) is 0. The number of nitrogens with one attached hydrogen (secondary N) is 1. The average molecular weight is 349 g/mol. The Balaban J connectivity index is 0.00000192. The zero-order chi connectivity index (χ0) is 16.1. The summed E-state index contributed by atoms with van der Waals surface area (Å²) in [6, 6.07) is 3.49. The fourth-order valence-electron chi connectivity index (χ4n) is 3.06. The normalized spacial score (nSPS) is 31.5. The second-order valence-electron chi connectivity index (χ2n) is 6.00. The number of aliphatic hydroxyl groups excluding tert-OH is 1. The number of hydrogen-bond donors (Lipinski definition) is 2. The molecule has 1 aromatic rings. The maximum Gasteiger partial charge on any atom is 1.00 e. The average Bonchev–Trinajstić information content (AvgIpc) is 3.16. The molecule has 118 valence electrons. The van der Waals surface area contributed by atoms with Crippen LogP contribution in [0.5, 0.6) is 0 Å². The van der Waals surface area contributed by atoms with E-state index in [4.69, 9.17) is 0 Å². The number of aliphatic carboxylic acids is 1. The van der Waals surface area contributed by atoms with Crippen molar-refractivity contribution < 1.29 is 80.0 Å². The van der Waals surface area contributed by atoms with Gasteiger partial charge in [-0.25, -0.2) is 8.78 Å². The number of halogens is 2. The Morgan fingerprint density at radius 3 is 2.30 bits per heavy atom. The van der Waals surface area contributed by atoms with Gasteiger partial charge in [0.05, 0.1) is 17.6 Å².